The molecule has 40 heavy (non-hydrogen) atoms. The number of amides is 1. The summed E-state index contributed by atoms with van der Waals surface area (Å²) in [5.41, 5.74) is 4.31. The summed E-state index contributed by atoms with van der Waals surface area (Å²) in [5, 5.41) is 11.2. The predicted molar refractivity (Wildman–Crippen MR) is 155 cm³/mol. The summed E-state index contributed by atoms with van der Waals surface area (Å²) >= 11 is 0. The lowest BCUT2D eigenvalue weighted by atomic mass is 9.94. The first-order valence-corrected chi connectivity index (χ1v) is 12.7. The molecule has 0 fully saturated rings. The molecule has 1 atom stereocenters. The number of fused-ring (bicyclic) bond motifs is 1. The Morgan fingerprint density at radius 2 is 1.68 bits per heavy atom. The van der Waals surface area contributed by atoms with Crippen molar-refractivity contribution in [3.8, 4) is 28.6 Å². The van der Waals surface area contributed by atoms with Crippen LogP contribution in [0.4, 0.5) is 17.3 Å². The number of nitrogens with one attached hydrogen (secondary N) is 2. The number of carbonyl (C=O) groups excluding carboxylic acids is 1. The number of allylic oxidation sites excluding steroid dienone is 1. The fraction of sp³-hybridized carbons (Fsp3) is 0.233. The maximum atomic E-state index is 13.9. The van der Waals surface area contributed by atoms with E-state index in [4.69, 9.17) is 24.3 Å². The van der Waals surface area contributed by atoms with E-state index < -0.39 is 6.04 Å². The zero-order chi connectivity index (χ0) is 28.4. The molecule has 5 rings (SSSR count). The molecule has 10 heteroatoms. The van der Waals surface area contributed by atoms with Crippen LogP contribution in [0.1, 0.15) is 18.5 Å². The molecule has 0 spiro atoms. The lowest BCUT2D eigenvalue weighted by Crippen LogP contribution is -2.31. The molecule has 1 aliphatic heterocycles. The van der Waals surface area contributed by atoms with Crippen LogP contribution < -0.4 is 29.7 Å². The van der Waals surface area contributed by atoms with Gasteiger partial charge < -0.3 is 29.7 Å². The predicted octanol–water partition coefficient (Wildman–Crippen LogP) is 4.96. The zero-order valence-electron chi connectivity index (χ0n) is 23.4. The van der Waals surface area contributed by atoms with Crippen LogP contribution in [0.15, 0.2) is 78.0 Å². The van der Waals surface area contributed by atoms with Crippen molar-refractivity contribution in [2.75, 3.05) is 51.0 Å². The van der Waals surface area contributed by atoms with Crippen LogP contribution in [-0.2, 0) is 4.79 Å². The number of hydrogen-bond acceptors (Lipinski definition) is 8. The maximum Gasteiger partial charge on any atom is 0.255 e. The maximum absolute atomic E-state index is 13.9. The number of methoxy groups -OCH3 is 3. The van der Waals surface area contributed by atoms with Crippen molar-refractivity contribution in [3.63, 3.8) is 0 Å². The van der Waals surface area contributed by atoms with Gasteiger partial charge in [0.1, 0.15) is 23.3 Å². The summed E-state index contributed by atoms with van der Waals surface area (Å²) in [7, 11) is 8.73. The Morgan fingerprint density at radius 1 is 0.950 bits per heavy atom. The van der Waals surface area contributed by atoms with Gasteiger partial charge in [-0.25, -0.2) is 4.68 Å². The van der Waals surface area contributed by atoms with Crippen LogP contribution in [0.3, 0.4) is 0 Å². The smallest absolute Gasteiger partial charge is 0.255 e. The van der Waals surface area contributed by atoms with Gasteiger partial charge in [-0.1, -0.05) is 12.1 Å². The first-order valence-electron chi connectivity index (χ1n) is 12.7. The molecular weight excluding hydrogens is 508 g/mol. The third-order valence-corrected chi connectivity index (χ3v) is 6.83. The van der Waals surface area contributed by atoms with Crippen molar-refractivity contribution >= 4 is 23.2 Å². The molecule has 0 aliphatic carbocycles. The van der Waals surface area contributed by atoms with Crippen LogP contribution in [0.25, 0.3) is 11.4 Å². The average molecular weight is 541 g/mol. The Morgan fingerprint density at radius 3 is 2.35 bits per heavy atom. The van der Waals surface area contributed by atoms with E-state index in [1.807, 2.05) is 74.4 Å². The van der Waals surface area contributed by atoms with Gasteiger partial charge in [0.2, 0.25) is 5.95 Å². The molecule has 0 saturated carbocycles. The first-order chi connectivity index (χ1) is 19.3. The fourth-order valence-electron chi connectivity index (χ4n) is 4.75. The zero-order valence-corrected chi connectivity index (χ0v) is 23.4. The van der Waals surface area contributed by atoms with Gasteiger partial charge in [0, 0.05) is 42.7 Å². The van der Waals surface area contributed by atoms with Crippen molar-refractivity contribution in [1.82, 2.24) is 14.8 Å². The topological polar surface area (TPSA) is 103 Å². The van der Waals surface area contributed by atoms with Crippen molar-refractivity contribution in [1.29, 1.82) is 0 Å². The molecule has 2 heterocycles. The van der Waals surface area contributed by atoms with Crippen LogP contribution in [0, 0.1) is 0 Å². The highest BCUT2D eigenvalue weighted by molar-refractivity contribution is 6.06. The Labute approximate surface area is 233 Å². The van der Waals surface area contributed by atoms with Crippen LogP contribution >= 0.6 is 0 Å². The number of rotatable bonds is 8. The van der Waals surface area contributed by atoms with Crippen LogP contribution in [-0.4, -0.2) is 56.1 Å². The SMILES string of the molecule is COc1ccc(C2C(C(=O)Nc3ccccc3OC)=C(C)Nc3nc(-c4ccc(N(C)C)cc4)nn32)c(OC)c1. The number of ether oxygens (including phenoxy) is 3. The van der Waals surface area contributed by atoms with Gasteiger partial charge in [0.05, 0.1) is 32.6 Å². The number of nitrogens with zero attached hydrogens (tertiary/aromatic N) is 4. The second-order valence-corrected chi connectivity index (χ2v) is 9.47. The van der Waals surface area contributed by atoms with Crippen molar-refractivity contribution < 1.29 is 19.0 Å². The molecule has 1 unspecified atom stereocenters. The lowest BCUT2D eigenvalue weighted by molar-refractivity contribution is -0.113. The molecule has 1 aromatic heterocycles. The second-order valence-electron chi connectivity index (χ2n) is 9.47. The van der Waals surface area contributed by atoms with E-state index in [2.05, 4.69) is 10.6 Å². The highest BCUT2D eigenvalue weighted by atomic mass is 16.5. The van der Waals surface area contributed by atoms with Crippen LogP contribution in [0.2, 0.25) is 0 Å². The van der Waals surface area contributed by atoms with Crippen molar-refractivity contribution in [2.24, 2.45) is 0 Å². The molecule has 2 N–H and O–H groups in total. The van der Waals surface area contributed by atoms with Gasteiger partial charge in [-0.05, 0) is 55.5 Å². The lowest BCUT2D eigenvalue weighted by Gasteiger charge is -2.29. The summed E-state index contributed by atoms with van der Waals surface area (Å²) < 4.78 is 18.4. The molecule has 3 aromatic carbocycles. The fourth-order valence-corrected chi connectivity index (χ4v) is 4.75. The minimum atomic E-state index is -0.644. The van der Waals surface area contributed by atoms with E-state index in [0.717, 1.165) is 16.8 Å². The van der Waals surface area contributed by atoms with E-state index in [0.29, 0.717) is 46.0 Å². The molecule has 206 valence electrons. The second kappa shape index (κ2) is 11.0. The summed E-state index contributed by atoms with van der Waals surface area (Å²) in [6.07, 6.45) is 0. The number of aromatic nitrogens is 3. The minimum Gasteiger partial charge on any atom is -0.497 e. The minimum absolute atomic E-state index is 0.310. The number of para-hydroxylation sites is 2. The molecule has 1 aliphatic rings. The molecular formula is C30H32N6O4. The Kier molecular flexibility index (Phi) is 7.33. The van der Waals surface area contributed by atoms with E-state index in [1.54, 1.807) is 44.2 Å². The largest absolute Gasteiger partial charge is 0.497 e. The summed E-state index contributed by atoms with van der Waals surface area (Å²) in [6.45, 7) is 1.85. The number of carbonyl (C=O) groups is 1. The van der Waals surface area contributed by atoms with Gasteiger partial charge in [-0.3, -0.25) is 4.79 Å². The summed E-state index contributed by atoms with van der Waals surface area (Å²) in [5.74, 6) is 2.48. The molecule has 0 bridgehead atoms. The quantitative estimate of drug-likeness (QED) is 0.323. The van der Waals surface area contributed by atoms with Crippen LogP contribution in [0.5, 0.6) is 17.2 Å². The van der Waals surface area contributed by atoms with E-state index in [1.165, 1.54) is 0 Å². The van der Waals surface area contributed by atoms with Gasteiger partial charge in [0.25, 0.3) is 5.91 Å². The Balaban J connectivity index is 1.63. The third kappa shape index (κ3) is 4.91. The molecule has 10 nitrogen and oxygen atoms in total. The van der Waals surface area contributed by atoms with E-state index in [9.17, 15) is 4.79 Å². The van der Waals surface area contributed by atoms with E-state index >= 15 is 0 Å². The molecule has 0 saturated heterocycles. The molecule has 4 aromatic rings. The number of anilines is 3. The Hall–Kier alpha value is -4.99. The van der Waals surface area contributed by atoms with Crippen molar-refractivity contribution in [3.05, 3.63) is 83.6 Å². The molecule has 0 radical (unpaired) electrons. The van der Waals surface area contributed by atoms with Gasteiger partial charge >= 0.3 is 0 Å². The monoisotopic (exact) mass is 540 g/mol. The molecule has 1 amide bonds. The summed E-state index contributed by atoms with van der Waals surface area (Å²) in [4.78, 5) is 20.8. The normalized spacial score (nSPS) is 14.2. The summed E-state index contributed by atoms with van der Waals surface area (Å²) in [6, 6.07) is 20.1. The van der Waals surface area contributed by atoms with Crippen molar-refractivity contribution in [2.45, 2.75) is 13.0 Å². The highest BCUT2D eigenvalue weighted by Crippen LogP contribution is 2.41. The van der Waals surface area contributed by atoms with Gasteiger partial charge in [-0.2, -0.15) is 4.98 Å². The standard InChI is InChI=1S/C30H32N6O4/c1-18-26(29(37)32-23-9-7-8-10-24(23)39-5)27(22-16-15-21(38-4)17-25(22)40-6)36-30(31-18)33-28(34-36)19-11-13-20(14-12-19)35(2)3/h7-17,27H,1-6H3,(H,32,37)(H,31,33,34). The number of hydrogen-bond donors (Lipinski definition) is 2. The van der Waals surface area contributed by atoms with Gasteiger partial charge in [0.15, 0.2) is 5.82 Å². The van der Waals surface area contributed by atoms with E-state index in [-0.39, 0.29) is 5.91 Å². The number of benzene rings is 3. The highest BCUT2D eigenvalue weighted by Gasteiger charge is 2.36. The third-order valence-electron chi connectivity index (χ3n) is 6.83. The average Bonchev–Trinajstić information content (AvgIpc) is 3.40. The first kappa shape index (κ1) is 26.6. The van der Waals surface area contributed by atoms with Gasteiger partial charge in [-0.15, -0.1) is 5.10 Å². The Bertz CT molecular complexity index is 1580.